The molecule has 8 nitrogen and oxygen atoms in total. The Balaban J connectivity index is 1.88. The third kappa shape index (κ3) is 5.22. The van der Waals surface area contributed by atoms with Gasteiger partial charge in [-0.15, -0.1) is 10.2 Å². The van der Waals surface area contributed by atoms with E-state index in [1.807, 2.05) is 26.0 Å². The minimum absolute atomic E-state index is 0.0120. The normalized spacial score (nSPS) is 17.1. The molecule has 0 radical (unpaired) electrons. The van der Waals surface area contributed by atoms with Crippen molar-refractivity contribution >= 4 is 33.9 Å². The molecule has 2 aromatic carbocycles. The molecule has 1 fully saturated rings. The number of aromatic nitrogens is 2. The topological polar surface area (TPSA) is 102 Å². The maximum atomic E-state index is 13.4. The summed E-state index contributed by atoms with van der Waals surface area (Å²) in [7, 11) is 1.54. The van der Waals surface area contributed by atoms with Gasteiger partial charge < -0.3 is 14.6 Å². The number of methoxy groups -OCH3 is 1. The molecule has 0 saturated carbocycles. The van der Waals surface area contributed by atoms with Gasteiger partial charge in [-0.05, 0) is 62.4 Å². The summed E-state index contributed by atoms with van der Waals surface area (Å²) >= 11 is 1.20. The summed E-state index contributed by atoms with van der Waals surface area (Å²) in [5, 5.41) is 20.6. The lowest BCUT2D eigenvalue weighted by Gasteiger charge is -2.24. The van der Waals surface area contributed by atoms with Crippen molar-refractivity contribution in [3.8, 4) is 11.5 Å². The lowest BCUT2D eigenvalue weighted by Crippen LogP contribution is -2.29. The Hall–Kier alpha value is -3.72. The summed E-state index contributed by atoms with van der Waals surface area (Å²) in [6.45, 7) is 10.3. The van der Waals surface area contributed by atoms with Gasteiger partial charge in [0, 0.05) is 5.56 Å². The summed E-state index contributed by atoms with van der Waals surface area (Å²) < 4.78 is 11.5. The van der Waals surface area contributed by atoms with E-state index in [-0.39, 0.29) is 16.5 Å². The van der Waals surface area contributed by atoms with E-state index in [2.05, 4.69) is 24.0 Å². The molecule has 1 atom stereocenters. The summed E-state index contributed by atoms with van der Waals surface area (Å²) in [6.07, 6.45) is 0.886. The smallest absolute Gasteiger partial charge is 0.301 e. The number of aryl methyl sites for hydroxylation is 3. The van der Waals surface area contributed by atoms with Crippen molar-refractivity contribution in [3.63, 3.8) is 0 Å². The third-order valence-electron chi connectivity index (χ3n) is 6.27. The number of ether oxygens (including phenoxy) is 2. The molecule has 0 spiro atoms. The van der Waals surface area contributed by atoms with E-state index in [0.717, 1.165) is 17.5 Å². The Kier molecular flexibility index (Phi) is 7.63. The standard InChI is InChI=1S/C28H31N3O5S/c1-15(2)11-12-36-21-10-9-19(14-22(21)35-6)24-23(25(32)20-13-16(3)7-8-17(20)4)26(33)27(34)31(24)28-30-29-18(5)37-28/h7-10,13-15,24,32H,11-12H2,1-6H3/b25-23+. The first-order valence-corrected chi connectivity index (χ1v) is 12.9. The molecule has 1 aromatic heterocycles. The van der Waals surface area contributed by atoms with Crippen molar-refractivity contribution < 1.29 is 24.2 Å². The highest BCUT2D eigenvalue weighted by atomic mass is 32.1. The summed E-state index contributed by atoms with van der Waals surface area (Å²) in [5.41, 5.74) is 2.76. The zero-order valence-corrected chi connectivity index (χ0v) is 22.7. The number of aliphatic hydroxyl groups is 1. The maximum Gasteiger partial charge on any atom is 0.301 e. The van der Waals surface area contributed by atoms with Crippen LogP contribution in [0, 0.1) is 26.7 Å². The molecule has 194 valence electrons. The number of amides is 1. The van der Waals surface area contributed by atoms with Gasteiger partial charge in [-0.1, -0.05) is 48.9 Å². The molecule has 1 saturated heterocycles. The van der Waals surface area contributed by atoms with Gasteiger partial charge in [0.15, 0.2) is 11.5 Å². The summed E-state index contributed by atoms with van der Waals surface area (Å²) in [6, 6.07) is 9.95. The predicted octanol–water partition coefficient (Wildman–Crippen LogP) is 5.52. The van der Waals surface area contributed by atoms with Crippen LogP contribution in [0.4, 0.5) is 5.13 Å². The lowest BCUT2D eigenvalue weighted by molar-refractivity contribution is -0.132. The highest BCUT2D eigenvalue weighted by Gasteiger charge is 2.48. The van der Waals surface area contributed by atoms with Crippen molar-refractivity contribution in [2.24, 2.45) is 5.92 Å². The zero-order chi connectivity index (χ0) is 26.9. The molecule has 37 heavy (non-hydrogen) atoms. The second-order valence-electron chi connectivity index (χ2n) is 9.53. The van der Waals surface area contributed by atoms with Gasteiger partial charge in [-0.2, -0.15) is 0 Å². The molecule has 3 aromatic rings. The number of carbonyl (C=O) groups excluding carboxylic acids is 2. The molecule has 0 aliphatic carbocycles. The molecule has 1 unspecified atom stereocenters. The van der Waals surface area contributed by atoms with Gasteiger partial charge in [-0.25, -0.2) is 0 Å². The highest BCUT2D eigenvalue weighted by Crippen LogP contribution is 2.45. The Morgan fingerprint density at radius 2 is 1.84 bits per heavy atom. The molecule has 4 rings (SSSR count). The number of ketones is 1. The molecular weight excluding hydrogens is 490 g/mol. The molecular formula is C28H31N3O5S. The van der Waals surface area contributed by atoms with Gasteiger partial charge in [0.2, 0.25) is 5.13 Å². The number of nitrogens with zero attached hydrogens (tertiary/aromatic N) is 3. The number of aliphatic hydroxyl groups excluding tert-OH is 1. The van der Waals surface area contributed by atoms with Crippen LogP contribution < -0.4 is 14.4 Å². The Morgan fingerprint density at radius 1 is 1.08 bits per heavy atom. The first-order valence-electron chi connectivity index (χ1n) is 12.1. The van der Waals surface area contributed by atoms with Crippen molar-refractivity contribution in [1.29, 1.82) is 0 Å². The van der Waals surface area contributed by atoms with Crippen LogP contribution in [0.15, 0.2) is 42.0 Å². The van der Waals surface area contributed by atoms with Crippen LogP contribution in [0.25, 0.3) is 5.76 Å². The average Bonchev–Trinajstić information content (AvgIpc) is 3.40. The fraction of sp³-hybridized carbons (Fsp3) is 0.357. The summed E-state index contributed by atoms with van der Waals surface area (Å²) in [5.74, 6) is -0.274. The van der Waals surface area contributed by atoms with E-state index in [1.54, 1.807) is 31.2 Å². The quantitative estimate of drug-likeness (QED) is 0.236. The molecule has 1 aliphatic heterocycles. The van der Waals surface area contributed by atoms with Crippen LogP contribution in [-0.4, -0.2) is 40.7 Å². The van der Waals surface area contributed by atoms with Gasteiger partial charge >= 0.3 is 5.91 Å². The zero-order valence-electron chi connectivity index (χ0n) is 21.9. The first-order chi connectivity index (χ1) is 17.6. The second-order valence-corrected chi connectivity index (χ2v) is 10.7. The van der Waals surface area contributed by atoms with Crippen molar-refractivity contribution in [3.05, 3.63) is 69.2 Å². The number of hydrogen-bond donors (Lipinski definition) is 1. The molecule has 9 heteroatoms. The van der Waals surface area contributed by atoms with Crippen molar-refractivity contribution in [1.82, 2.24) is 10.2 Å². The third-order valence-corrected chi connectivity index (χ3v) is 7.11. The van der Waals surface area contributed by atoms with Crippen molar-refractivity contribution in [2.75, 3.05) is 18.6 Å². The van der Waals surface area contributed by atoms with Crippen LogP contribution in [0.3, 0.4) is 0 Å². The Bertz CT molecular complexity index is 1380. The first kappa shape index (κ1) is 26.3. The minimum atomic E-state index is -0.925. The molecule has 1 N–H and O–H groups in total. The number of anilines is 1. The predicted molar refractivity (Wildman–Crippen MR) is 143 cm³/mol. The molecule has 1 amide bonds. The van der Waals surface area contributed by atoms with Gasteiger partial charge in [0.05, 0.1) is 25.3 Å². The Morgan fingerprint density at radius 3 is 2.49 bits per heavy atom. The van der Waals surface area contributed by atoms with Crippen LogP contribution in [0.5, 0.6) is 11.5 Å². The fourth-order valence-electron chi connectivity index (χ4n) is 4.24. The second kappa shape index (κ2) is 10.7. The lowest BCUT2D eigenvalue weighted by atomic mass is 9.93. The highest BCUT2D eigenvalue weighted by molar-refractivity contribution is 7.15. The van der Waals surface area contributed by atoms with Crippen LogP contribution in [0.2, 0.25) is 0 Å². The number of hydrogen-bond acceptors (Lipinski definition) is 8. The van der Waals surface area contributed by atoms with Gasteiger partial charge in [0.25, 0.3) is 5.78 Å². The fourth-order valence-corrected chi connectivity index (χ4v) is 4.96. The van der Waals surface area contributed by atoms with Gasteiger partial charge in [-0.3, -0.25) is 14.5 Å². The van der Waals surface area contributed by atoms with E-state index in [0.29, 0.717) is 40.2 Å². The van der Waals surface area contributed by atoms with E-state index < -0.39 is 17.7 Å². The molecule has 2 heterocycles. The van der Waals surface area contributed by atoms with Crippen LogP contribution in [-0.2, 0) is 9.59 Å². The SMILES string of the molecule is COc1cc(C2/C(=C(\O)c3cc(C)ccc3C)C(=O)C(=O)N2c2nnc(C)s2)ccc1OCCC(C)C. The number of rotatable bonds is 8. The Labute approximate surface area is 220 Å². The largest absolute Gasteiger partial charge is 0.507 e. The van der Waals surface area contributed by atoms with E-state index in [9.17, 15) is 14.7 Å². The minimum Gasteiger partial charge on any atom is -0.507 e. The number of Topliss-reactive ketones (excluding diaryl/α,β-unsaturated/α-hetero) is 1. The molecule has 0 bridgehead atoms. The number of carbonyl (C=O) groups is 2. The average molecular weight is 522 g/mol. The van der Waals surface area contributed by atoms with Gasteiger partial charge in [0.1, 0.15) is 10.8 Å². The monoisotopic (exact) mass is 521 g/mol. The van der Waals surface area contributed by atoms with E-state index in [4.69, 9.17) is 9.47 Å². The number of benzene rings is 2. The molecule has 1 aliphatic rings. The maximum absolute atomic E-state index is 13.4. The van der Waals surface area contributed by atoms with Crippen molar-refractivity contribution in [2.45, 2.75) is 47.1 Å². The summed E-state index contributed by atoms with van der Waals surface area (Å²) in [4.78, 5) is 28.0. The van der Waals surface area contributed by atoms with Crippen LogP contribution >= 0.6 is 11.3 Å². The van der Waals surface area contributed by atoms with E-state index >= 15 is 0 Å². The van der Waals surface area contributed by atoms with Crippen LogP contribution in [0.1, 0.15) is 53.6 Å². The van der Waals surface area contributed by atoms with E-state index in [1.165, 1.54) is 23.3 Å².